The lowest BCUT2D eigenvalue weighted by atomic mass is 9.82. The van der Waals surface area contributed by atoms with Crippen molar-refractivity contribution < 1.29 is 0 Å². The molecule has 56 heavy (non-hydrogen) atoms. The molecule has 0 bridgehead atoms. The Labute approximate surface area is 333 Å². The first-order valence-corrected chi connectivity index (χ1v) is 19.8. The maximum absolute atomic E-state index is 9.07. The maximum atomic E-state index is 9.07. The third kappa shape index (κ3) is 6.97. The fraction of sp³-hybridized carbons (Fsp3) is 0.151. The summed E-state index contributed by atoms with van der Waals surface area (Å²) in [6.45, 7) is 14.9. The Kier molecular flexibility index (Phi) is 10.9. The minimum Gasteiger partial charge on any atom is -0.354 e. The summed E-state index contributed by atoms with van der Waals surface area (Å²) in [5.74, 6) is 0. The smallest absolute Gasteiger partial charge is 0.0662 e. The zero-order chi connectivity index (χ0) is 39.4. The van der Waals surface area contributed by atoms with Crippen LogP contribution in [0.5, 0.6) is 0 Å². The van der Waals surface area contributed by atoms with Gasteiger partial charge < -0.3 is 10.2 Å². The molecular weight excluding hydrogens is 679 g/mol. The summed E-state index contributed by atoms with van der Waals surface area (Å²) in [6.07, 6.45) is 8.62. The minimum atomic E-state index is -0.107. The minimum absolute atomic E-state index is 0.107. The first kappa shape index (κ1) is 37.8. The van der Waals surface area contributed by atoms with Crippen LogP contribution < -0.4 is 10.2 Å². The summed E-state index contributed by atoms with van der Waals surface area (Å²) >= 11 is 0. The van der Waals surface area contributed by atoms with Crippen LogP contribution >= 0.6 is 0 Å². The second-order valence-corrected chi connectivity index (χ2v) is 14.6. The Morgan fingerprint density at radius 2 is 1.21 bits per heavy atom. The highest BCUT2D eigenvalue weighted by molar-refractivity contribution is 6.15. The van der Waals surface area contributed by atoms with E-state index < -0.39 is 0 Å². The van der Waals surface area contributed by atoms with E-state index in [1.54, 1.807) is 0 Å². The van der Waals surface area contributed by atoms with Crippen LogP contribution in [0.15, 0.2) is 169 Å². The standard InChI is InChI=1S/C51H45N3.C2H6/c1-6-15-35(7-2)36-22-26-40(27-23-36)54(42-30-31-45-44-20-13-14-21-46(44)51(4,5)47(45)33-42)41-28-24-37(25-29-41)48-32-39-18-11-12-19-43(39)50(53-48)34(3)49(52)38-16-9-8-10-17-38;1-2/h6-33,52-53H,1-5H3;1-2H3/b15-6-,35-7+,50-34-,52-49?;. The van der Waals surface area contributed by atoms with Gasteiger partial charge in [-0.1, -0.05) is 155 Å². The molecule has 0 aromatic heterocycles. The van der Waals surface area contributed by atoms with Gasteiger partial charge in [-0.15, -0.1) is 0 Å². The van der Waals surface area contributed by atoms with Gasteiger partial charge in [0.25, 0.3) is 0 Å². The van der Waals surface area contributed by atoms with Gasteiger partial charge in [0, 0.05) is 33.7 Å². The molecule has 0 unspecified atom stereocenters. The van der Waals surface area contributed by atoms with E-state index in [4.69, 9.17) is 5.41 Å². The van der Waals surface area contributed by atoms with E-state index in [9.17, 15) is 0 Å². The van der Waals surface area contributed by atoms with Crippen LogP contribution in [0.25, 0.3) is 34.2 Å². The van der Waals surface area contributed by atoms with Crippen molar-refractivity contribution in [1.82, 2.24) is 5.32 Å². The number of benzene rings is 6. The van der Waals surface area contributed by atoms with Crippen LogP contribution in [0.1, 0.15) is 87.4 Å². The van der Waals surface area contributed by atoms with Crippen molar-refractivity contribution >= 4 is 45.8 Å². The Bertz CT molecular complexity index is 2510. The number of anilines is 3. The third-order valence-electron chi connectivity index (χ3n) is 11.0. The number of allylic oxidation sites excluding steroid dienone is 5. The molecule has 1 aliphatic carbocycles. The molecule has 2 aliphatic rings. The van der Waals surface area contributed by atoms with Crippen molar-refractivity contribution in [3.05, 3.63) is 208 Å². The molecule has 1 aliphatic heterocycles. The molecule has 0 atom stereocenters. The topological polar surface area (TPSA) is 39.1 Å². The van der Waals surface area contributed by atoms with Crippen LogP contribution in [0, 0.1) is 5.41 Å². The number of hydrogen-bond acceptors (Lipinski definition) is 3. The molecule has 278 valence electrons. The number of nitrogens with one attached hydrogen (secondary N) is 2. The van der Waals surface area contributed by atoms with E-state index in [-0.39, 0.29) is 5.41 Å². The first-order chi connectivity index (χ1) is 27.3. The Morgan fingerprint density at radius 3 is 1.89 bits per heavy atom. The molecule has 2 N–H and O–H groups in total. The fourth-order valence-electron chi connectivity index (χ4n) is 8.05. The van der Waals surface area contributed by atoms with Crippen LogP contribution in [0.3, 0.4) is 0 Å². The summed E-state index contributed by atoms with van der Waals surface area (Å²) in [5, 5.41) is 12.8. The van der Waals surface area contributed by atoms with Crippen molar-refractivity contribution in [1.29, 1.82) is 5.41 Å². The molecule has 6 aromatic rings. The van der Waals surface area contributed by atoms with Gasteiger partial charge in [-0.25, -0.2) is 0 Å². The second-order valence-electron chi connectivity index (χ2n) is 14.6. The highest BCUT2D eigenvalue weighted by atomic mass is 15.1. The summed E-state index contributed by atoms with van der Waals surface area (Å²) in [5.41, 5.74) is 18.5. The predicted octanol–water partition coefficient (Wildman–Crippen LogP) is 14.4. The average molecular weight is 730 g/mol. The molecular formula is C53H51N3. The largest absolute Gasteiger partial charge is 0.354 e. The van der Waals surface area contributed by atoms with E-state index in [1.165, 1.54) is 33.4 Å². The van der Waals surface area contributed by atoms with Gasteiger partial charge in [0.1, 0.15) is 0 Å². The van der Waals surface area contributed by atoms with Crippen molar-refractivity contribution in [3.8, 4) is 11.1 Å². The van der Waals surface area contributed by atoms with Crippen molar-refractivity contribution in [2.45, 2.75) is 53.9 Å². The van der Waals surface area contributed by atoms with E-state index in [0.29, 0.717) is 5.71 Å². The SMILES string of the molecule is C/C=C\C(=C/C)c1ccc(N(c2ccc(C3=Cc4ccccc4/C(=C(\C)C(=N)c4ccccc4)N3)cc2)c2ccc3c(c2)C(C)(C)c2ccccc2-3)cc1.CC. The molecule has 0 spiro atoms. The van der Waals surface area contributed by atoms with Gasteiger partial charge in [-0.05, 0) is 119 Å². The highest BCUT2D eigenvalue weighted by Gasteiger charge is 2.35. The van der Waals surface area contributed by atoms with Crippen LogP contribution in [-0.4, -0.2) is 5.71 Å². The quantitative estimate of drug-likeness (QED) is 0.121. The van der Waals surface area contributed by atoms with Gasteiger partial charge in [-0.3, -0.25) is 5.41 Å². The number of hydrogen-bond donors (Lipinski definition) is 2. The second kappa shape index (κ2) is 16.1. The highest BCUT2D eigenvalue weighted by Crippen LogP contribution is 2.50. The zero-order valence-corrected chi connectivity index (χ0v) is 33.6. The normalized spacial score (nSPS) is 14.7. The van der Waals surface area contributed by atoms with Gasteiger partial charge in [0.15, 0.2) is 0 Å². The van der Waals surface area contributed by atoms with E-state index in [2.05, 4.69) is 177 Å². The molecule has 0 amide bonds. The summed E-state index contributed by atoms with van der Waals surface area (Å²) in [7, 11) is 0. The van der Waals surface area contributed by atoms with Gasteiger partial charge in [-0.2, -0.15) is 0 Å². The fourth-order valence-corrected chi connectivity index (χ4v) is 8.05. The van der Waals surface area contributed by atoms with Crippen LogP contribution in [0.2, 0.25) is 0 Å². The molecule has 1 heterocycles. The first-order valence-electron chi connectivity index (χ1n) is 19.8. The number of nitrogens with zero attached hydrogens (tertiary/aromatic N) is 1. The van der Waals surface area contributed by atoms with Gasteiger partial charge in [0.2, 0.25) is 0 Å². The monoisotopic (exact) mass is 729 g/mol. The molecule has 6 aromatic carbocycles. The van der Waals surface area contributed by atoms with Gasteiger partial charge in [0.05, 0.1) is 11.4 Å². The van der Waals surface area contributed by atoms with E-state index >= 15 is 0 Å². The lowest BCUT2D eigenvalue weighted by Crippen LogP contribution is -2.20. The van der Waals surface area contributed by atoms with Gasteiger partial charge >= 0.3 is 0 Å². The predicted molar refractivity (Wildman–Crippen MR) is 242 cm³/mol. The van der Waals surface area contributed by atoms with Crippen molar-refractivity contribution in [2.75, 3.05) is 4.90 Å². The van der Waals surface area contributed by atoms with Crippen LogP contribution in [-0.2, 0) is 5.41 Å². The summed E-state index contributed by atoms with van der Waals surface area (Å²) < 4.78 is 0. The maximum Gasteiger partial charge on any atom is 0.0662 e. The average Bonchev–Trinajstić information content (AvgIpc) is 3.48. The third-order valence-corrected chi connectivity index (χ3v) is 11.0. The van der Waals surface area contributed by atoms with Crippen LogP contribution in [0.4, 0.5) is 17.1 Å². The summed E-state index contributed by atoms with van der Waals surface area (Å²) in [6, 6.07) is 51.9. The number of rotatable bonds is 8. The molecule has 0 radical (unpaired) electrons. The van der Waals surface area contributed by atoms with Crippen molar-refractivity contribution in [2.24, 2.45) is 0 Å². The van der Waals surface area contributed by atoms with Crippen molar-refractivity contribution in [3.63, 3.8) is 0 Å². The molecule has 0 saturated heterocycles. The van der Waals surface area contributed by atoms with E-state index in [0.717, 1.165) is 56.3 Å². The number of fused-ring (bicyclic) bond motifs is 4. The Balaban J connectivity index is 0.00000237. The summed E-state index contributed by atoms with van der Waals surface area (Å²) in [4.78, 5) is 2.37. The Morgan fingerprint density at radius 1 is 0.625 bits per heavy atom. The molecule has 3 nitrogen and oxygen atoms in total. The van der Waals surface area contributed by atoms with E-state index in [1.807, 2.05) is 51.1 Å². The molecule has 8 rings (SSSR count). The zero-order valence-electron chi connectivity index (χ0n) is 33.6. The lowest BCUT2D eigenvalue weighted by molar-refractivity contribution is 0.660. The Hall–Kier alpha value is -6.45. The molecule has 3 heteroatoms. The molecule has 0 fully saturated rings. The lowest BCUT2D eigenvalue weighted by Gasteiger charge is -2.29. The molecule has 0 saturated carbocycles.